The summed E-state index contributed by atoms with van der Waals surface area (Å²) in [6.07, 6.45) is 5.16. The Morgan fingerprint density at radius 1 is 1.28 bits per heavy atom. The topological polar surface area (TPSA) is 63.1 Å². The van der Waals surface area contributed by atoms with Crippen LogP contribution in [0.1, 0.15) is 19.3 Å². The van der Waals surface area contributed by atoms with Crippen LogP contribution in [-0.2, 0) is 11.3 Å². The third-order valence-corrected chi connectivity index (χ3v) is 5.63. The smallest absolute Gasteiger partial charge is 0.240 e. The number of benzene rings is 1. The molecule has 1 atom stereocenters. The van der Waals surface area contributed by atoms with Gasteiger partial charge in [-0.05, 0) is 69.3 Å². The number of carbonyl (C=O) groups excluding carboxylic acids is 1. The highest BCUT2D eigenvalue weighted by Gasteiger charge is 2.21. The van der Waals surface area contributed by atoms with Gasteiger partial charge in [-0.25, -0.2) is 9.97 Å². The van der Waals surface area contributed by atoms with Crippen LogP contribution in [0.3, 0.4) is 0 Å². The lowest BCUT2D eigenvalue weighted by Crippen LogP contribution is -2.33. The molecule has 0 aliphatic carbocycles. The SMILES string of the molecule is CN1CCCC1CCNC(=O)Cn1c(-c2ccc(Cl)cc2)nc2cccnc21.Cl. The van der Waals surface area contributed by atoms with Gasteiger partial charge in [0.25, 0.3) is 0 Å². The summed E-state index contributed by atoms with van der Waals surface area (Å²) in [7, 11) is 2.15. The van der Waals surface area contributed by atoms with E-state index in [1.807, 2.05) is 41.0 Å². The third kappa shape index (κ3) is 4.89. The number of imidazole rings is 1. The van der Waals surface area contributed by atoms with Crippen molar-refractivity contribution in [2.24, 2.45) is 0 Å². The molecule has 3 aromatic rings. The van der Waals surface area contributed by atoms with Crippen molar-refractivity contribution in [2.75, 3.05) is 20.1 Å². The Morgan fingerprint density at radius 2 is 2.07 bits per heavy atom. The lowest BCUT2D eigenvalue weighted by molar-refractivity contribution is -0.121. The molecule has 154 valence electrons. The number of hydrogen-bond donors (Lipinski definition) is 1. The molecular formula is C21H25Cl2N5O. The number of amides is 1. The largest absolute Gasteiger partial charge is 0.354 e. The second-order valence-electron chi connectivity index (χ2n) is 7.29. The van der Waals surface area contributed by atoms with Crippen LogP contribution in [0, 0.1) is 0 Å². The van der Waals surface area contributed by atoms with E-state index in [2.05, 4.69) is 27.2 Å². The minimum atomic E-state index is -0.0270. The Hall–Kier alpha value is -2.15. The van der Waals surface area contributed by atoms with Crippen LogP contribution in [0.2, 0.25) is 5.02 Å². The molecule has 1 unspecified atom stereocenters. The zero-order valence-electron chi connectivity index (χ0n) is 16.3. The molecule has 1 N–H and O–H groups in total. The van der Waals surface area contributed by atoms with Gasteiger partial charge in [0.2, 0.25) is 5.91 Å². The number of carbonyl (C=O) groups is 1. The van der Waals surface area contributed by atoms with E-state index in [0.717, 1.165) is 29.9 Å². The molecule has 1 saturated heterocycles. The van der Waals surface area contributed by atoms with Crippen molar-refractivity contribution < 1.29 is 4.79 Å². The summed E-state index contributed by atoms with van der Waals surface area (Å²) in [5.41, 5.74) is 2.38. The van der Waals surface area contributed by atoms with Crippen molar-refractivity contribution in [3.63, 3.8) is 0 Å². The highest BCUT2D eigenvalue weighted by atomic mass is 35.5. The van der Waals surface area contributed by atoms with Crippen LogP contribution in [-0.4, -0.2) is 51.5 Å². The zero-order valence-corrected chi connectivity index (χ0v) is 17.9. The first-order chi connectivity index (χ1) is 13.6. The van der Waals surface area contributed by atoms with E-state index in [0.29, 0.717) is 23.3 Å². The van der Waals surface area contributed by atoms with Crippen LogP contribution >= 0.6 is 24.0 Å². The number of nitrogens with zero attached hydrogens (tertiary/aromatic N) is 4. The van der Waals surface area contributed by atoms with E-state index in [9.17, 15) is 4.79 Å². The first-order valence-corrected chi connectivity index (χ1v) is 10.0. The molecule has 0 spiro atoms. The Labute approximate surface area is 181 Å². The second-order valence-corrected chi connectivity index (χ2v) is 7.73. The average Bonchev–Trinajstić information content (AvgIpc) is 3.26. The van der Waals surface area contributed by atoms with Crippen molar-refractivity contribution in [2.45, 2.75) is 31.8 Å². The normalized spacial score (nSPS) is 16.7. The van der Waals surface area contributed by atoms with E-state index in [-0.39, 0.29) is 24.9 Å². The molecule has 1 aliphatic rings. The summed E-state index contributed by atoms with van der Waals surface area (Å²) in [6.45, 7) is 2.02. The van der Waals surface area contributed by atoms with Crippen molar-refractivity contribution >= 4 is 41.1 Å². The summed E-state index contributed by atoms with van der Waals surface area (Å²) in [5, 5.41) is 3.72. The van der Waals surface area contributed by atoms with E-state index in [1.54, 1.807) is 6.20 Å². The second kappa shape index (κ2) is 9.57. The summed E-state index contributed by atoms with van der Waals surface area (Å²) in [4.78, 5) is 24.1. The molecule has 1 aliphatic heterocycles. The van der Waals surface area contributed by atoms with Crippen LogP contribution < -0.4 is 5.32 Å². The Kier molecular flexibility index (Phi) is 7.11. The fraction of sp³-hybridized carbons (Fsp3) is 0.381. The molecule has 1 fully saturated rings. The van der Waals surface area contributed by atoms with Gasteiger partial charge in [0.1, 0.15) is 17.9 Å². The molecule has 1 aromatic carbocycles. The molecule has 0 radical (unpaired) electrons. The number of halogens is 2. The zero-order chi connectivity index (χ0) is 19.5. The number of pyridine rings is 1. The fourth-order valence-corrected chi connectivity index (χ4v) is 3.98. The number of aromatic nitrogens is 3. The standard InChI is InChI=1S/C21H24ClN5O.ClH/c1-26-13-3-4-17(26)10-12-23-19(28)14-27-20(15-6-8-16(22)9-7-15)25-18-5-2-11-24-21(18)27;/h2,5-9,11,17H,3-4,10,12-14H2,1H3,(H,23,28);1H. The minimum Gasteiger partial charge on any atom is -0.354 e. The monoisotopic (exact) mass is 433 g/mol. The van der Waals surface area contributed by atoms with E-state index >= 15 is 0 Å². The van der Waals surface area contributed by atoms with Gasteiger partial charge < -0.3 is 10.2 Å². The molecule has 0 saturated carbocycles. The maximum absolute atomic E-state index is 12.6. The first-order valence-electron chi connectivity index (χ1n) is 9.66. The molecule has 4 rings (SSSR count). The molecule has 8 heteroatoms. The summed E-state index contributed by atoms with van der Waals surface area (Å²) < 4.78 is 1.87. The van der Waals surface area contributed by atoms with Crippen molar-refractivity contribution in [1.29, 1.82) is 0 Å². The maximum Gasteiger partial charge on any atom is 0.240 e. The predicted molar refractivity (Wildman–Crippen MR) is 119 cm³/mol. The molecular weight excluding hydrogens is 409 g/mol. The Bertz CT molecular complexity index is 973. The van der Waals surface area contributed by atoms with Crippen molar-refractivity contribution in [3.05, 3.63) is 47.6 Å². The molecule has 6 nitrogen and oxygen atoms in total. The highest BCUT2D eigenvalue weighted by molar-refractivity contribution is 6.30. The van der Waals surface area contributed by atoms with E-state index in [1.165, 1.54) is 12.8 Å². The van der Waals surface area contributed by atoms with Gasteiger partial charge in [0.15, 0.2) is 5.65 Å². The van der Waals surface area contributed by atoms with Crippen LogP contribution in [0.15, 0.2) is 42.6 Å². The van der Waals surface area contributed by atoms with E-state index < -0.39 is 0 Å². The minimum absolute atomic E-state index is 0. The number of nitrogens with one attached hydrogen (secondary N) is 1. The van der Waals surface area contributed by atoms with Crippen LogP contribution in [0.5, 0.6) is 0 Å². The van der Waals surface area contributed by atoms with Gasteiger partial charge in [-0.1, -0.05) is 11.6 Å². The molecule has 1 amide bonds. The van der Waals surface area contributed by atoms with Gasteiger partial charge in [-0.3, -0.25) is 9.36 Å². The van der Waals surface area contributed by atoms with E-state index in [4.69, 9.17) is 11.6 Å². The van der Waals surface area contributed by atoms with Gasteiger partial charge in [0, 0.05) is 29.4 Å². The maximum atomic E-state index is 12.6. The van der Waals surface area contributed by atoms with Gasteiger partial charge in [-0.2, -0.15) is 0 Å². The molecule has 0 bridgehead atoms. The summed E-state index contributed by atoms with van der Waals surface area (Å²) in [5.74, 6) is 0.692. The van der Waals surface area contributed by atoms with Gasteiger partial charge in [0.05, 0.1) is 0 Å². The number of rotatable bonds is 6. The van der Waals surface area contributed by atoms with Crippen molar-refractivity contribution in [1.82, 2.24) is 24.8 Å². The highest BCUT2D eigenvalue weighted by Crippen LogP contribution is 2.25. The van der Waals surface area contributed by atoms with Gasteiger partial charge in [-0.15, -0.1) is 12.4 Å². The lowest BCUT2D eigenvalue weighted by atomic mass is 10.1. The number of hydrogen-bond acceptors (Lipinski definition) is 4. The number of fused-ring (bicyclic) bond motifs is 1. The Balaban J connectivity index is 0.00000240. The van der Waals surface area contributed by atoms with Gasteiger partial charge >= 0.3 is 0 Å². The number of likely N-dealkylation sites (tertiary alicyclic amines) is 1. The molecule has 2 aromatic heterocycles. The van der Waals surface area contributed by atoms with Crippen LogP contribution in [0.4, 0.5) is 0 Å². The fourth-order valence-electron chi connectivity index (χ4n) is 3.85. The average molecular weight is 434 g/mol. The summed E-state index contributed by atoms with van der Waals surface area (Å²) in [6, 6.07) is 11.8. The quantitative estimate of drug-likeness (QED) is 0.642. The first kappa shape index (κ1) is 21.6. The third-order valence-electron chi connectivity index (χ3n) is 5.38. The van der Waals surface area contributed by atoms with Crippen molar-refractivity contribution in [3.8, 4) is 11.4 Å². The summed E-state index contributed by atoms with van der Waals surface area (Å²) >= 11 is 6.02. The Morgan fingerprint density at radius 3 is 2.79 bits per heavy atom. The molecule has 3 heterocycles. The predicted octanol–water partition coefficient (Wildman–Crippen LogP) is 3.77. The lowest BCUT2D eigenvalue weighted by Gasteiger charge is -2.19. The molecule has 29 heavy (non-hydrogen) atoms. The van der Waals surface area contributed by atoms with Crippen LogP contribution in [0.25, 0.3) is 22.6 Å².